The van der Waals surface area contributed by atoms with Crippen LogP contribution < -0.4 is 10.1 Å². The molecule has 0 atom stereocenters. The Balaban J connectivity index is 3.24. The Kier molecular flexibility index (Phi) is 2.76. The summed E-state index contributed by atoms with van der Waals surface area (Å²) in [6, 6.07) is 3.13. The largest absolute Gasteiger partial charge is 0.492 e. The Bertz CT molecular complexity index is 291. The second kappa shape index (κ2) is 3.63. The molecule has 0 aliphatic carbocycles. The van der Waals surface area contributed by atoms with E-state index in [9.17, 15) is 4.39 Å². The summed E-state index contributed by atoms with van der Waals surface area (Å²) in [5, 5.41) is 2.96. The lowest BCUT2D eigenvalue weighted by Crippen LogP contribution is -1.96. The lowest BCUT2D eigenvalue weighted by Gasteiger charge is -2.07. The Hall–Kier alpha value is -0.960. The summed E-state index contributed by atoms with van der Waals surface area (Å²) in [4.78, 5) is 0. The van der Waals surface area contributed by atoms with E-state index in [1.165, 1.54) is 7.11 Å². The highest BCUT2D eigenvalue weighted by Gasteiger charge is 2.11. The summed E-state index contributed by atoms with van der Waals surface area (Å²) < 4.78 is 18.0. The number of anilines is 1. The van der Waals surface area contributed by atoms with Crippen LogP contribution in [0.25, 0.3) is 0 Å². The molecule has 0 saturated heterocycles. The van der Waals surface area contributed by atoms with E-state index in [-0.39, 0.29) is 10.8 Å². The summed E-state index contributed by atoms with van der Waals surface area (Å²) in [7, 11) is 3.01. The van der Waals surface area contributed by atoms with Gasteiger partial charge in [-0.2, -0.15) is 0 Å². The van der Waals surface area contributed by atoms with Gasteiger partial charge in [0.2, 0.25) is 0 Å². The number of hydrogen-bond acceptors (Lipinski definition) is 2. The van der Waals surface area contributed by atoms with Gasteiger partial charge in [0.25, 0.3) is 0 Å². The zero-order chi connectivity index (χ0) is 9.14. The molecule has 0 unspecified atom stereocenters. The van der Waals surface area contributed by atoms with E-state index in [4.69, 9.17) is 16.3 Å². The molecule has 66 valence electrons. The quantitative estimate of drug-likeness (QED) is 0.772. The molecule has 0 aliphatic rings. The van der Waals surface area contributed by atoms with E-state index in [1.807, 2.05) is 0 Å². The van der Waals surface area contributed by atoms with Crippen LogP contribution in [0.2, 0.25) is 5.02 Å². The fourth-order valence-electron chi connectivity index (χ4n) is 0.913. The van der Waals surface area contributed by atoms with Gasteiger partial charge in [-0.3, -0.25) is 0 Å². The summed E-state index contributed by atoms with van der Waals surface area (Å²) in [5.74, 6) is -0.393. The molecule has 1 aromatic rings. The second-order valence-electron chi connectivity index (χ2n) is 2.19. The molecule has 0 aliphatic heterocycles. The highest BCUT2D eigenvalue weighted by molar-refractivity contribution is 6.32. The average molecular weight is 190 g/mol. The third-order valence-electron chi connectivity index (χ3n) is 1.52. The summed E-state index contributed by atoms with van der Waals surface area (Å²) in [5.41, 5.74) is 0.372. The SMILES string of the molecule is CNc1ccc(Cl)c(OC)c1F. The third-order valence-corrected chi connectivity index (χ3v) is 1.82. The van der Waals surface area contributed by atoms with Crippen LogP contribution in [-0.2, 0) is 0 Å². The van der Waals surface area contributed by atoms with Crippen molar-refractivity contribution >= 4 is 17.3 Å². The number of rotatable bonds is 2. The molecule has 4 heteroatoms. The van der Waals surface area contributed by atoms with Crippen molar-refractivity contribution in [2.24, 2.45) is 0 Å². The van der Waals surface area contributed by atoms with Gasteiger partial charge in [0.05, 0.1) is 17.8 Å². The molecule has 1 N–H and O–H groups in total. The first kappa shape index (κ1) is 9.13. The maximum Gasteiger partial charge on any atom is 0.189 e. The first-order valence-electron chi connectivity index (χ1n) is 3.40. The normalized spacial score (nSPS) is 9.67. The zero-order valence-corrected chi connectivity index (χ0v) is 7.57. The lowest BCUT2D eigenvalue weighted by molar-refractivity contribution is 0.388. The maximum atomic E-state index is 13.3. The number of halogens is 2. The molecule has 0 heterocycles. The zero-order valence-electron chi connectivity index (χ0n) is 6.82. The number of nitrogens with one attached hydrogen (secondary N) is 1. The highest BCUT2D eigenvalue weighted by Crippen LogP contribution is 2.31. The van der Waals surface area contributed by atoms with Crippen LogP contribution in [0.4, 0.5) is 10.1 Å². The van der Waals surface area contributed by atoms with Gasteiger partial charge in [0.15, 0.2) is 11.6 Å². The maximum absolute atomic E-state index is 13.3. The number of methoxy groups -OCH3 is 1. The van der Waals surface area contributed by atoms with Crippen LogP contribution in [0.15, 0.2) is 12.1 Å². The first-order valence-corrected chi connectivity index (χ1v) is 3.78. The fourth-order valence-corrected chi connectivity index (χ4v) is 1.14. The number of ether oxygens (including phenoxy) is 1. The van der Waals surface area contributed by atoms with Gasteiger partial charge in [-0.1, -0.05) is 11.6 Å². The molecule has 2 nitrogen and oxygen atoms in total. The van der Waals surface area contributed by atoms with Gasteiger partial charge >= 0.3 is 0 Å². The van der Waals surface area contributed by atoms with E-state index < -0.39 is 5.82 Å². The van der Waals surface area contributed by atoms with Gasteiger partial charge < -0.3 is 10.1 Å². The summed E-state index contributed by atoms with van der Waals surface area (Å²) in [6.45, 7) is 0. The van der Waals surface area contributed by atoms with Crippen molar-refractivity contribution in [3.05, 3.63) is 23.0 Å². The molecule has 0 bridgehead atoms. The van der Waals surface area contributed by atoms with Gasteiger partial charge in [-0.25, -0.2) is 4.39 Å². The third kappa shape index (κ3) is 1.46. The standard InChI is InChI=1S/C8H9ClFNO/c1-11-6-4-3-5(9)8(12-2)7(6)10/h3-4,11H,1-2H3. The fraction of sp³-hybridized carbons (Fsp3) is 0.250. The second-order valence-corrected chi connectivity index (χ2v) is 2.60. The Morgan fingerprint density at radius 3 is 2.67 bits per heavy atom. The summed E-state index contributed by atoms with van der Waals surface area (Å²) >= 11 is 5.67. The van der Waals surface area contributed by atoms with Crippen molar-refractivity contribution in [2.45, 2.75) is 0 Å². The van der Waals surface area contributed by atoms with E-state index in [0.717, 1.165) is 0 Å². The average Bonchev–Trinajstić information content (AvgIpc) is 2.06. The van der Waals surface area contributed by atoms with Crippen LogP contribution in [0.5, 0.6) is 5.75 Å². The molecule has 0 saturated carbocycles. The van der Waals surface area contributed by atoms with Gasteiger partial charge in [0.1, 0.15) is 0 Å². The predicted molar refractivity (Wildman–Crippen MR) is 47.5 cm³/mol. The minimum absolute atomic E-state index is 0.0727. The lowest BCUT2D eigenvalue weighted by atomic mass is 10.3. The van der Waals surface area contributed by atoms with Crippen LogP contribution in [0.3, 0.4) is 0 Å². The topological polar surface area (TPSA) is 21.3 Å². The van der Waals surface area contributed by atoms with Crippen LogP contribution in [-0.4, -0.2) is 14.2 Å². The number of benzene rings is 1. The first-order chi connectivity index (χ1) is 5.70. The molecule has 1 aromatic carbocycles. The highest BCUT2D eigenvalue weighted by atomic mass is 35.5. The van der Waals surface area contributed by atoms with Gasteiger partial charge in [0, 0.05) is 7.05 Å². The van der Waals surface area contributed by atoms with E-state index in [2.05, 4.69) is 5.32 Å². The van der Waals surface area contributed by atoms with E-state index in [1.54, 1.807) is 19.2 Å². The molecule has 0 radical (unpaired) electrons. The van der Waals surface area contributed by atoms with Crippen molar-refractivity contribution in [3.8, 4) is 5.75 Å². The van der Waals surface area contributed by atoms with Crippen molar-refractivity contribution in [1.29, 1.82) is 0 Å². The molecular weight excluding hydrogens is 181 g/mol. The minimum atomic E-state index is -0.465. The number of hydrogen-bond donors (Lipinski definition) is 1. The van der Waals surface area contributed by atoms with Crippen molar-refractivity contribution in [3.63, 3.8) is 0 Å². The molecule has 0 fully saturated rings. The molecule has 0 spiro atoms. The molecule has 0 aromatic heterocycles. The van der Waals surface area contributed by atoms with E-state index in [0.29, 0.717) is 5.69 Å². The minimum Gasteiger partial charge on any atom is -0.492 e. The monoisotopic (exact) mass is 189 g/mol. The van der Waals surface area contributed by atoms with Crippen molar-refractivity contribution in [2.75, 3.05) is 19.5 Å². The van der Waals surface area contributed by atoms with Crippen molar-refractivity contribution < 1.29 is 9.13 Å². The Morgan fingerprint density at radius 1 is 1.50 bits per heavy atom. The Labute approximate surface area is 75.3 Å². The molecule has 12 heavy (non-hydrogen) atoms. The van der Waals surface area contributed by atoms with Gasteiger partial charge in [-0.15, -0.1) is 0 Å². The Morgan fingerprint density at radius 2 is 2.17 bits per heavy atom. The van der Waals surface area contributed by atoms with Crippen LogP contribution in [0.1, 0.15) is 0 Å². The van der Waals surface area contributed by atoms with Crippen LogP contribution in [0, 0.1) is 5.82 Å². The molecule has 1 rings (SSSR count). The van der Waals surface area contributed by atoms with Gasteiger partial charge in [-0.05, 0) is 12.1 Å². The van der Waals surface area contributed by atoms with Crippen LogP contribution >= 0.6 is 11.6 Å². The van der Waals surface area contributed by atoms with E-state index >= 15 is 0 Å². The predicted octanol–water partition coefficient (Wildman–Crippen LogP) is 2.53. The summed E-state index contributed by atoms with van der Waals surface area (Å²) in [6.07, 6.45) is 0. The van der Waals surface area contributed by atoms with Crippen molar-refractivity contribution in [1.82, 2.24) is 0 Å². The molecular formula is C8H9ClFNO. The smallest absolute Gasteiger partial charge is 0.189 e. The molecule has 0 amide bonds.